The second kappa shape index (κ2) is 5.17. The maximum atomic E-state index is 13.9. The van der Waals surface area contributed by atoms with Gasteiger partial charge in [0.1, 0.15) is 11.7 Å². The molecule has 17 heavy (non-hydrogen) atoms. The van der Waals surface area contributed by atoms with Gasteiger partial charge in [-0.05, 0) is 32.4 Å². The van der Waals surface area contributed by atoms with Crippen LogP contribution in [0.15, 0.2) is 23.2 Å². The fraction of sp³-hybridized carbons (Fsp3) is 0.462. The second-order valence-corrected chi connectivity index (χ2v) is 4.47. The van der Waals surface area contributed by atoms with Gasteiger partial charge in [0.15, 0.2) is 0 Å². The fourth-order valence-corrected chi connectivity index (χ4v) is 1.90. The minimum Gasteiger partial charge on any atom is -0.382 e. The lowest BCUT2D eigenvalue weighted by Gasteiger charge is -2.20. The van der Waals surface area contributed by atoms with Gasteiger partial charge >= 0.3 is 0 Å². The second-order valence-electron chi connectivity index (χ2n) is 4.47. The maximum absolute atomic E-state index is 13.9. The number of amidine groups is 1. The van der Waals surface area contributed by atoms with E-state index in [0.29, 0.717) is 11.4 Å². The molecular weight excluding hydrogens is 217 g/mol. The molecule has 3 nitrogen and oxygen atoms in total. The van der Waals surface area contributed by atoms with E-state index in [1.165, 1.54) is 6.07 Å². The molecule has 0 bridgehead atoms. The lowest BCUT2D eigenvalue weighted by molar-refractivity contribution is 0.621. The number of benzene rings is 1. The Kier molecular flexibility index (Phi) is 3.61. The van der Waals surface area contributed by atoms with Gasteiger partial charge in [-0.3, -0.25) is 4.99 Å². The number of nitrogens with one attached hydrogen (secondary N) is 2. The van der Waals surface area contributed by atoms with E-state index in [1.807, 2.05) is 19.9 Å². The first-order valence-corrected chi connectivity index (χ1v) is 6.02. The lowest BCUT2D eigenvalue weighted by Crippen LogP contribution is -2.32. The van der Waals surface area contributed by atoms with Crippen LogP contribution in [0.2, 0.25) is 0 Å². The van der Waals surface area contributed by atoms with Crippen LogP contribution < -0.4 is 10.6 Å². The van der Waals surface area contributed by atoms with Crippen LogP contribution >= 0.6 is 0 Å². The number of halogens is 1. The van der Waals surface area contributed by atoms with Crippen LogP contribution in [0.5, 0.6) is 0 Å². The lowest BCUT2D eigenvalue weighted by atomic mass is 10.1. The molecule has 0 spiro atoms. The number of rotatable bonds is 3. The van der Waals surface area contributed by atoms with Crippen molar-refractivity contribution in [3.63, 3.8) is 0 Å². The molecule has 0 radical (unpaired) electrons. The van der Waals surface area contributed by atoms with Crippen molar-refractivity contribution in [1.82, 2.24) is 5.32 Å². The van der Waals surface area contributed by atoms with Crippen LogP contribution in [0.3, 0.4) is 0 Å². The highest BCUT2D eigenvalue weighted by atomic mass is 19.1. The van der Waals surface area contributed by atoms with Crippen LogP contribution in [0.25, 0.3) is 0 Å². The van der Waals surface area contributed by atoms with Crippen molar-refractivity contribution in [2.24, 2.45) is 4.99 Å². The molecular formula is C13H18FN3. The third-order valence-electron chi connectivity index (χ3n) is 2.59. The summed E-state index contributed by atoms with van der Waals surface area (Å²) in [5.74, 6) is 0.432. The van der Waals surface area contributed by atoms with Crippen LogP contribution in [-0.2, 0) is 0 Å². The minimum atomic E-state index is -0.233. The van der Waals surface area contributed by atoms with Gasteiger partial charge in [0.05, 0.1) is 5.56 Å². The molecule has 2 rings (SSSR count). The Hall–Kier alpha value is -1.58. The zero-order valence-corrected chi connectivity index (χ0v) is 10.3. The van der Waals surface area contributed by atoms with Crippen molar-refractivity contribution >= 4 is 11.5 Å². The summed E-state index contributed by atoms with van der Waals surface area (Å²) in [5, 5.41) is 6.41. The van der Waals surface area contributed by atoms with Gasteiger partial charge in [0.25, 0.3) is 0 Å². The largest absolute Gasteiger partial charge is 0.382 e. The van der Waals surface area contributed by atoms with Gasteiger partial charge in [0, 0.05) is 24.8 Å². The summed E-state index contributed by atoms with van der Waals surface area (Å²) in [4.78, 5) is 4.35. The summed E-state index contributed by atoms with van der Waals surface area (Å²) >= 11 is 0. The van der Waals surface area contributed by atoms with Crippen molar-refractivity contribution in [3.8, 4) is 0 Å². The molecule has 0 unspecified atom stereocenters. The van der Waals surface area contributed by atoms with Crippen molar-refractivity contribution < 1.29 is 4.39 Å². The normalized spacial score (nSPS) is 15.4. The Morgan fingerprint density at radius 1 is 1.41 bits per heavy atom. The van der Waals surface area contributed by atoms with Crippen LogP contribution in [0.4, 0.5) is 10.1 Å². The molecule has 0 amide bonds. The molecule has 0 atom stereocenters. The van der Waals surface area contributed by atoms with E-state index >= 15 is 0 Å². The first-order chi connectivity index (χ1) is 8.18. The zero-order valence-electron chi connectivity index (χ0n) is 10.3. The number of hydrogen-bond donors (Lipinski definition) is 2. The predicted octanol–water partition coefficient (Wildman–Crippen LogP) is 2.39. The standard InChI is InChI=1S/C13H18FN3/c1-9(2)17-11-6-3-5-10(14)12(11)13-15-7-4-8-16-13/h3,5-6,9,17H,4,7-8H2,1-2H3,(H,15,16). The number of nitrogens with zero attached hydrogens (tertiary/aromatic N) is 1. The Morgan fingerprint density at radius 2 is 2.24 bits per heavy atom. The molecule has 1 aliphatic heterocycles. The Balaban J connectivity index is 2.39. The van der Waals surface area contributed by atoms with Crippen molar-refractivity contribution in [2.75, 3.05) is 18.4 Å². The van der Waals surface area contributed by atoms with Gasteiger partial charge in [0.2, 0.25) is 0 Å². The van der Waals surface area contributed by atoms with E-state index in [2.05, 4.69) is 15.6 Å². The highest BCUT2D eigenvalue weighted by Gasteiger charge is 2.16. The van der Waals surface area contributed by atoms with Crippen LogP contribution in [0.1, 0.15) is 25.8 Å². The van der Waals surface area contributed by atoms with Gasteiger partial charge in [-0.1, -0.05) is 6.07 Å². The van der Waals surface area contributed by atoms with E-state index in [1.54, 1.807) is 6.07 Å². The molecule has 1 aromatic rings. The fourth-order valence-electron chi connectivity index (χ4n) is 1.90. The van der Waals surface area contributed by atoms with Gasteiger partial charge < -0.3 is 10.6 Å². The van der Waals surface area contributed by atoms with E-state index in [0.717, 1.165) is 25.2 Å². The summed E-state index contributed by atoms with van der Waals surface area (Å²) in [5.41, 5.74) is 1.36. The number of aliphatic imine (C=N–C) groups is 1. The van der Waals surface area contributed by atoms with Gasteiger partial charge in [-0.2, -0.15) is 0 Å². The molecule has 0 fully saturated rings. The molecule has 0 aliphatic carbocycles. The molecule has 1 aliphatic rings. The quantitative estimate of drug-likeness (QED) is 0.844. The van der Waals surface area contributed by atoms with E-state index in [9.17, 15) is 4.39 Å². The summed E-state index contributed by atoms with van der Waals surface area (Å²) in [7, 11) is 0. The Morgan fingerprint density at radius 3 is 2.88 bits per heavy atom. The van der Waals surface area contributed by atoms with Gasteiger partial charge in [-0.15, -0.1) is 0 Å². The van der Waals surface area contributed by atoms with Crippen molar-refractivity contribution in [1.29, 1.82) is 0 Å². The molecule has 4 heteroatoms. The summed E-state index contributed by atoms with van der Waals surface area (Å²) in [6, 6.07) is 5.34. The van der Waals surface area contributed by atoms with Crippen LogP contribution in [-0.4, -0.2) is 25.0 Å². The maximum Gasteiger partial charge on any atom is 0.136 e. The summed E-state index contributed by atoms with van der Waals surface area (Å²) < 4.78 is 13.9. The summed E-state index contributed by atoms with van der Waals surface area (Å²) in [6.07, 6.45) is 1.00. The first-order valence-electron chi connectivity index (χ1n) is 6.02. The monoisotopic (exact) mass is 235 g/mol. The third-order valence-corrected chi connectivity index (χ3v) is 2.59. The average Bonchev–Trinajstić information content (AvgIpc) is 2.29. The van der Waals surface area contributed by atoms with Crippen molar-refractivity contribution in [3.05, 3.63) is 29.6 Å². The molecule has 1 heterocycles. The van der Waals surface area contributed by atoms with E-state index in [-0.39, 0.29) is 11.9 Å². The minimum absolute atomic E-state index is 0.233. The molecule has 1 aromatic carbocycles. The smallest absolute Gasteiger partial charge is 0.136 e. The molecule has 92 valence electrons. The van der Waals surface area contributed by atoms with E-state index in [4.69, 9.17) is 0 Å². The van der Waals surface area contributed by atoms with Crippen LogP contribution in [0, 0.1) is 5.82 Å². The number of anilines is 1. The van der Waals surface area contributed by atoms with E-state index < -0.39 is 0 Å². The highest BCUT2D eigenvalue weighted by Crippen LogP contribution is 2.21. The highest BCUT2D eigenvalue weighted by molar-refractivity contribution is 6.04. The Labute approximate surface area is 101 Å². The first kappa shape index (κ1) is 11.9. The molecule has 0 saturated heterocycles. The Bertz CT molecular complexity index is 427. The summed E-state index contributed by atoms with van der Waals surface area (Å²) in [6.45, 7) is 5.68. The number of hydrogen-bond acceptors (Lipinski definition) is 3. The zero-order chi connectivity index (χ0) is 12.3. The average molecular weight is 235 g/mol. The molecule has 2 N–H and O–H groups in total. The SMILES string of the molecule is CC(C)Nc1cccc(F)c1C1=NCCCN1. The molecule has 0 saturated carbocycles. The van der Waals surface area contributed by atoms with Crippen molar-refractivity contribution in [2.45, 2.75) is 26.3 Å². The van der Waals surface area contributed by atoms with Gasteiger partial charge in [-0.25, -0.2) is 4.39 Å². The topological polar surface area (TPSA) is 36.4 Å². The third kappa shape index (κ3) is 2.75. The predicted molar refractivity (Wildman–Crippen MR) is 69.2 cm³/mol. The molecule has 0 aromatic heterocycles.